The van der Waals surface area contributed by atoms with Crippen LogP contribution >= 0.6 is 0 Å². The van der Waals surface area contributed by atoms with Gasteiger partial charge in [-0.1, -0.05) is 0 Å². The lowest BCUT2D eigenvalue weighted by Crippen LogP contribution is -2.44. The number of hydrogen-bond acceptors (Lipinski definition) is 8. The van der Waals surface area contributed by atoms with Gasteiger partial charge in [0.2, 0.25) is 5.91 Å². The van der Waals surface area contributed by atoms with Gasteiger partial charge >= 0.3 is 6.09 Å². The minimum Gasteiger partial charge on any atom is -0.497 e. The van der Waals surface area contributed by atoms with Crippen molar-refractivity contribution in [3.8, 4) is 5.75 Å². The number of piperidine rings is 1. The third-order valence-electron chi connectivity index (χ3n) is 6.27. The Morgan fingerprint density at radius 1 is 1.07 bits per heavy atom. The summed E-state index contributed by atoms with van der Waals surface area (Å²) in [4.78, 5) is 55.8. The Morgan fingerprint density at radius 2 is 1.76 bits per heavy atom. The summed E-state index contributed by atoms with van der Waals surface area (Å²) >= 11 is 0. The molecule has 0 radical (unpaired) electrons. The first-order valence-electron chi connectivity index (χ1n) is 13.5. The standard InChI is InChI=1S/C30H38N6O6/c1-18-17-20(10-13-23(18)35-24(37)7-6-15-33-29(40)42-30(2,3)4)36-16-14-22(25(31)27(32)38)26(28(36)39)34-19-8-11-21(41-5)12-9-19/h8-13,17H,6-7,14-16,31H2,1-5H3,(H2,32,38)(H,33,40)(H,35,37). The maximum absolute atomic E-state index is 13.7. The van der Waals surface area contributed by atoms with Gasteiger partial charge in [0, 0.05) is 36.5 Å². The largest absolute Gasteiger partial charge is 0.497 e. The van der Waals surface area contributed by atoms with Crippen molar-refractivity contribution in [2.75, 3.05) is 30.4 Å². The summed E-state index contributed by atoms with van der Waals surface area (Å²) in [6.07, 6.45) is 0.372. The van der Waals surface area contributed by atoms with E-state index in [9.17, 15) is 19.2 Å². The van der Waals surface area contributed by atoms with Crippen molar-refractivity contribution < 1.29 is 28.7 Å². The highest BCUT2D eigenvalue weighted by Crippen LogP contribution is 2.29. The van der Waals surface area contributed by atoms with Crippen LogP contribution < -0.4 is 31.7 Å². The third kappa shape index (κ3) is 8.56. The van der Waals surface area contributed by atoms with E-state index in [1.165, 1.54) is 0 Å². The average molecular weight is 579 g/mol. The maximum Gasteiger partial charge on any atom is 0.407 e. The lowest BCUT2D eigenvalue weighted by atomic mass is 9.97. The predicted molar refractivity (Wildman–Crippen MR) is 161 cm³/mol. The zero-order valence-corrected chi connectivity index (χ0v) is 24.6. The Morgan fingerprint density at radius 3 is 2.36 bits per heavy atom. The van der Waals surface area contributed by atoms with Gasteiger partial charge in [-0.3, -0.25) is 14.4 Å². The van der Waals surface area contributed by atoms with Crippen LogP contribution in [-0.4, -0.2) is 55.3 Å². The number of amides is 4. The number of nitrogens with one attached hydrogen (secondary N) is 2. The number of anilines is 2. The van der Waals surface area contributed by atoms with Gasteiger partial charge < -0.3 is 36.5 Å². The Labute approximate surface area is 245 Å². The van der Waals surface area contributed by atoms with Crippen LogP contribution in [0.1, 0.15) is 45.6 Å². The number of ether oxygens (including phenoxy) is 2. The molecule has 0 saturated carbocycles. The van der Waals surface area contributed by atoms with Crippen LogP contribution in [0.25, 0.3) is 0 Å². The summed E-state index contributed by atoms with van der Waals surface area (Å²) in [7, 11) is 1.54. The number of benzene rings is 2. The van der Waals surface area contributed by atoms with Crippen molar-refractivity contribution in [3.63, 3.8) is 0 Å². The van der Waals surface area contributed by atoms with E-state index in [1.54, 1.807) is 75.2 Å². The molecule has 1 aliphatic heterocycles. The van der Waals surface area contributed by atoms with Gasteiger partial charge in [0.15, 0.2) is 0 Å². The molecule has 2 aromatic rings. The number of hydrogen-bond donors (Lipinski definition) is 4. The topological polar surface area (TPSA) is 178 Å². The van der Waals surface area contributed by atoms with Crippen molar-refractivity contribution in [1.82, 2.24) is 5.32 Å². The second-order valence-corrected chi connectivity index (χ2v) is 10.7. The molecule has 1 aliphatic rings. The van der Waals surface area contributed by atoms with E-state index < -0.39 is 23.5 Å². The number of nitrogens with zero attached hydrogens (tertiary/aromatic N) is 2. The van der Waals surface area contributed by atoms with Crippen LogP contribution in [0.2, 0.25) is 0 Å². The number of aryl methyl sites for hydroxylation is 1. The number of methoxy groups -OCH3 is 1. The van der Waals surface area contributed by atoms with Crippen molar-refractivity contribution >= 4 is 46.6 Å². The van der Waals surface area contributed by atoms with Crippen molar-refractivity contribution in [2.24, 2.45) is 16.5 Å². The fourth-order valence-electron chi connectivity index (χ4n) is 4.18. The smallest absolute Gasteiger partial charge is 0.407 e. The molecule has 3 rings (SSSR count). The van der Waals surface area contributed by atoms with E-state index in [2.05, 4.69) is 15.6 Å². The monoisotopic (exact) mass is 578 g/mol. The normalized spacial score (nSPS) is 15.7. The first-order valence-corrected chi connectivity index (χ1v) is 13.5. The van der Waals surface area contributed by atoms with Gasteiger partial charge in [-0.15, -0.1) is 0 Å². The third-order valence-corrected chi connectivity index (χ3v) is 6.27. The second kappa shape index (κ2) is 13.7. The number of primary amides is 1. The molecule has 1 saturated heterocycles. The molecule has 0 aromatic heterocycles. The quantitative estimate of drug-likeness (QED) is 0.260. The Hall–Kier alpha value is -4.87. The highest BCUT2D eigenvalue weighted by atomic mass is 16.6. The van der Waals surface area contributed by atoms with Gasteiger partial charge in [0.05, 0.1) is 12.8 Å². The molecule has 0 aliphatic carbocycles. The van der Waals surface area contributed by atoms with E-state index in [-0.39, 0.29) is 36.7 Å². The first kappa shape index (κ1) is 31.7. The van der Waals surface area contributed by atoms with Crippen LogP contribution in [0.5, 0.6) is 5.75 Å². The summed E-state index contributed by atoms with van der Waals surface area (Å²) < 4.78 is 10.4. The molecule has 12 heteroatoms. The maximum atomic E-state index is 13.7. The van der Waals surface area contributed by atoms with Crippen molar-refractivity contribution in [1.29, 1.82) is 0 Å². The van der Waals surface area contributed by atoms with Crippen LogP contribution in [0.4, 0.5) is 21.9 Å². The minimum absolute atomic E-state index is 0.0257. The zero-order chi connectivity index (χ0) is 31.0. The number of aliphatic imine (C=N–C) groups is 1. The van der Waals surface area contributed by atoms with Gasteiger partial charge in [-0.25, -0.2) is 9.79 Å². The molecule has 12 nitrogen and oxygen atoms in total. The number of nitrogens with two attached hydrogens (primary N) is 2. The number of carbonyl (C=O) groups is 4. The molecule has 0 spiro atoms. The number of alkyl carbamates (subject to hydrolysis) is 1. The summed E-state index contributed by atoms with van der Waals surface area (Å²) in [6.45, 7) is 7.70. The van der Waals surface area contributed by atoms with E-state index in [4.69, 9.17) is 20.9 Å². The second-order valence-electron chi connectivity index (χ2n) is 10.7. The molecule has 0 atom stereocenters. The minimum atomic E-state index is -0.828. The molecular formula is C30H38N6O6. The molecule has 0 unspecified atom stereocenters. The van der Waals surface area contributed by atoms with E-state index in [1.807, 2.05) is 6.92 Å². The van der Waals surface area contributed by atoms with E-state index >= 15 is 0 Å². The summed E-state index contributed by atoms with van der Waals surface area (Å²) in [5.41, 5.74) is 13.3. The van der Waals surface area contributed by atoms with Gasteiger partial charge in [0.1, 0.15) is 22.8 Å². The Kier molecular flexibility index (Phi) is 10.3. The van der Waals surface area contributed by atoms with Crippen LogP contribution in [0.3, 0.4) is 0 Å². The highest BCUT2D eigenvalue weighted by molar-refractivity contribution is 6.51. The van der Waals surface area contributed by atoms with Crippen LogP contribution in [0, 0.1) is 6.92 Å². The predicted octanol–water partition coefficient (Wildman–Crippen LogP) is 3.45. The Balaban J connectivity index is 1.72. The van der Waals surface area contributed by atoms with Crippen LogP contribution in [-0.2, 0) is 19.1 Å². The summed E-state index contributed by atoms with van der Waals surface area (Å²) in [5.74, 6) is -0.852. The van der Waals surface area contributed by atoms with E-state index in [0.29, 0.717) is 41.4 Å². The molecule has 4 amide bonds. The fourth-order valence-corrected chi connectivity index (χ4v) is 4.18. The average Bonchev–Trinajstić information content (AvgIpc) is 2.92. The van der Waals surface area contributed by atoms with E-state index in [0.717, 1.165) is 5.56 Å². The highest BCUT2D eigenvalue weighted by Gasteiger charge is 2.32. The zero-order valence-electron chi connectivity index (χ0n) is 24.6. The van der Waals surface area contributed by atoms with Gasteiger partial charge in [-0.05, 0) is 88.6 Å². The molecule has 0 bridgehead atoms. The van der Waals surface area contributed by atoms with Crippen molar-refractivity contribution in [3.05, 3.63) is 59.3 Å². The number of carbonyl (C=O) groups excluding carboxylic acids is 4. The summed E-state index contributed by atoms with van der Waals surface area (Å²) in [6, 6.07) is 12.0. The molecule has 2 aromatic carbocycles. The SMILES string of the molecule is COc1ccc(N=C2C(=O)N(c3ccc(NC(=O)CCCNC(=O)OC(C)(C)C)c(C)c3)CCC2=C(N)C(N)=O)cc1. The number of rotatable bonds is 9. The molecule has 1 fully saturated rings. The fraction of sp³-hybridized carbons (Fsp3) is 0.367. The lowest BCUT2D eigenvalue weighted by Gasteiger charge is -2.30. The first-order chi connectivity index (χ1) is 19.8. The molecular weight excluding hydrogens is 540 g/mol. The molecule has 1 heterocycles. The Bertz CT molecular complexity index is 1410. The molecule has 42 heavy (non-hydrogen) atoms. The molecule has 6 N–H and O–H groups in total. The van der Waals surface area contributed by atoms with Crippen LogP contribution in [0.15, 0.2) is 58.7 Å². The summed E-state index contributed by atoms with van der Waals surface area (Å²) in [5, 5.41) is 5.49. The molecule has 224 valence electrons. The van der Waals surface area contributed by atoms with Gasteiger partial charge in [0.25, 0.3) is 11.8 Å². The van der Waals surface area contributed by atoms with Crippen molar-refractivity contribution in [2.45, 2.75) is 52.6 Å². The van der Waals surface area contributed by atoms with Gasteiger partial charge in [-0.2, -0.15) is 0 Å². The lowest BCUT2D eigenvalue weighted by molar-refractivity contribution is -0.116.